The Morgan fingerprint density at radius 1 is 1.23 bits per heavy atom. The number of aromatic nitrogens is 1. The van der Waals surface area contributed by atoms with Crippen molar-refractivity contribution >= 4 is 5.91 Å². The standard InChI is InChI=1S/C18H24N2O2/c1-12(2)20-13(3)10-16(14(20)4)11-19-18(21)15-6-8-17(22-5)9-7-15/h6-10,12H,11H2,1-5H3,(H,19,21). The second kappa shape index (κ2) is 6.69. The quantitative estimate of drug-likeness (QED) is 0.916. The molecule has 118 valence electrons. The van der Waals surface area contributed by atoms with Crippen molar-refractivity contribution in [2.75, 3.05) is 7.11 Å². The summed E-state index contributed by atoms with van der Waals surface area (Å²) in [5.41, 5.74) is 4.23. The zero-order valence-corrected chi connectivity index (χ0v) is 13.9. The highest BCUT2D eigenvalue weighted by atomic mass is 16.5. The van der Waals surface area contributed by atoms with Crippen molar-refractivity contribution in [3.05, 3.63) is 52.8 Å². The molecule has 1 heterocycles. The van der Waals surface area contributed by atoms with Gasteiger partial charge in [0.15, 0.2) is 0 Å². The molecule has 0 saturated carbocycles. The van der Waals surface area contributed by atoms with E-state index in [0.29, 0.717) is 18.2 Å². The maximum absolute atomic E-state index is 12.2. The van der Waals surface area contributed by atoms with Crippen molar-refractivity contribution in [1.82, 2.24) is 9.88 Å². The summed E-state index contributed by atoms with van der Waals surface area (Å²) in [5.74, 6) is 0.675. The van der Waals surface area contributed by atoms with Gasteiger partial charge in [0, 0.05) is 29.5 Å². The Kier molecular flexibility index (Phi) is 4.91. The van der Waals surface area contributed by atoms with Crippen LogP contribution in [0.4, 0.5) is 0 Å². The van der Waals surface area contributed by atoms with Crippen molar-refractivity contribution in [2.24, 2.45) is 0 Å². The molecule has 0 aliphatic carbocycles. The van der Waals surface area contributed by atoms with Gasteiger partial charge >= 0.3 is 0 Å². The first-order valence-corrected chi connectivity index (χ1v) is 7.53. The van der Waals surface area contributed by atoms with Gasteiger partial charge in [-0.3, -0.25) is 4.79 Å². The van der Waals surface area contributed by atoms with Crippen molar-refractivity contribution in [3.63, 3.8) is 0 Å². The van der Waals surface area contributed by atoms with Gasteiger partial charge in [0.1, 0.15) is 5.75 Å². The van der Waals surface area contributed by atoms with Gasteiger partial charge in [0.2, 0.25) is 0 Å². The topological polar surface area (TPSA) is 43.3 Å². The van der Waals surface area contributed by atoms with Crippen LogP contribution in [0.25, 0.3) is 0 Å². The van der Waals surface area contributed by atoms with Crippen LogP contribution in [-0.4, -0.2) is 17.6 Å². The molecule has 0 aliphatic heterocycles. The van der Waals surface area contributed by atoms with Crippen LogP contribution in [0.5, 0.6) is 5.75 Å². The van der Waals surface area contributed by atoms with Crippen molar-refractivity contribution in [3.8, 4) is 5.75 Å². The van der Waals surface area contributed by atoms with E-state index in [9.17, 15) is 4.79 Å². The summed E-state index contributed by atoms with van der Waals surface area (Å²) in [4.78, 5) is 12.2. The molecular formula is C18H24N2O2. The molecule has 0 aliphatic rings. The zero-order chi connectivity index (χ0) is 16.3. The molecule has 0 bridgehead atoms. The summed E-state index contributed by atoms with van der Waals surface area (Å²) >= 11 is 0. The Labute approximate surface area is 132 Å². The van der Waals surface area contributed by atoms with Gasteiger partial charge in [0.05, 0.1) is 7.11 Å². The summed E-state index contributed by atoms with van der Waals surface area (Å²) in [7, 11) is 1.61. The number of ether oxygens (including phenoxy) is 1. The molecule has 0 atom stereocenters. The van der Waals surface area contributed by atoms with E-state index in [1.54, 1.807) is 31.4 Å². The number of carbonyl (C=O) groups excluding carboxylic acids is 1. The van der Waals surface area contributed by atoms with Crippen molar-refractivity contribution < 1.29 is 9.53 Å². The summed E-state index contributed by atoms with van der Waals surface area (Å²) in [6, 6.07) is 9.69. The second-order valence-electron chi connectivity index (χ2n) is 5.77. The molecular weight excluding hydrogens is 276 g/mol. The third-order valence-corrected chi connectivity index (χ3v) is 3.90. The smallest absolute Gasteiger partial charge is 0.251 e. The van der Waals surface area contributed by atoms with Crippen molar-refractivity contribution in [1.29, 1.82) is 0 Å². The van der Waals surface area contributed by atoms with E-state index in [1.807, 2.05) is 0 Å². The fourth-order valence-corrected chi connectivity index (χ4v) is 2.84. The molecule has 0 spiro atoms. The van der Waals surface area contributed by atoms with Gasteiger partial charge in [-0.05, 0) is 63.6 Å². The van der Waals surface area contributed by atoms with E-state index in [2.05, 4.69) is 43.6 Å². The molecule has 1 aromatic carbocycles. The highest BCUT2D eigenvalue weighted by Crippen LogP contribution is 2.20. The van der Waals surface area contributed by atoms with Crippen LogP contribution in [-0.2, 0) is 6.54 Å². The van der Waals surface area contributed by atoms with Gasteiger partial charge in [-0.25, -0.2) is 0 Å². The minimum atomic E-state index is -0.0722. The Bertz CT molecular complexity index is 654. The minimum Gasteiger partial charge on any atom is -0.497 e. The SMILES string of the molecule is COc1ccc(C(=O)NCc2cc(C)n(C(C)C)c2C)cc1. The molecule has 1 amide bonds. The van der Waals surface area contributed by atoms with Gasteiger partial charge in [-0.2, -0.15) is 0 Å². The van der Waals surface area contributed by atoms with Crippen LogP contribution < -0.4 is 10.1 Å². The van der Waals surface area contributed by atoms with Crippen LogP contribution in [0.1, 0.15) is 47.2 Å². The van der Waals surface area contributed by atoms with Gasteiger partial charge in [0.25, 0.3) is 5.91 Å². The second-order valence-corrected chi connectivity index (χ2v) is 5.77. The Balaban J connectivity index is 2.06. The van der Waals surface area contributed by atoms with E-state index in [1.165, 1.54) is 11.4 Å². The fourth-order valence-electron chi connectivity index (χ4n) is 2.84. The summed E-state index contributed by atoms with van der Waals surface area (Å²) < 4.78 is 7.38. The number of nitrogens with zero attached hydrogens (tertiary/aromatic N) is 1. The lowest BCUT2D eigenvalue weighted by Crippen LogP contribution is -2.23. The maximum Gasteiger partial charge on any atom is 0.251 e. The van der Waals surface area contributed by atoms with Crippen LogP contribution in [0, 0.1) is 13.8 Å². The number of aryl methyl sites for hydroxylation is 1. The predicted octanol–water partition coefficient (Wildman–Crippen LogP) is 3.62. The van der Waals surface area contributed by atoms with Gasteiger partial charge in [-0.15, -0.1) is 0 Å². The van der Waals surface area contributed by atoms with Crippen LogP contribution >= 0.6 is 0 Å². The van der Waals surface area contributed by atoms with E-state index < -0.39 is 0 Å². The minimum absolute atomic E-state index is 0.0722. The van der Waals surface area contributed by atoms with Crippen LogP contribution in [0.15, 0.2) is 30.3 Å². The Hall–Kier alpha value is -2.23. The average Bonchev–Trinajstić information content (AvgIpc) is 2.79. The first-order chi connectivity index (χ1) is 10.4. The normalized spacial score (nSPS) is 10.8. The zero-order valence-electron chi connectivity index (χ0n) is 13.9. The van der Waals surface area contributed by atoms with Crippen molar-refractivity contribution in [2.45, 2.75) is 40.3 Å². The van der Waals surface area contributed by atoms with E-state index in [4.69, 9.17) is 4.74 Å². The fraction of sp³-hybridized carbons (Fsp3) is 0.389. The number of carbonyl (C=O) groups is 1. The molecule has 2 rings (SSSR count). The largest absolute Gasteiger partial charge is 0.497 e. The van der Waals surface area contributed by atoms with E-state index in [-0.39, 0.29) is 5.91 Å². The molecule has 22 heavy (non-hydrogen) atoms. The lowest BCUT2D eigenvalue weighted by Gasteiger charge is -2.14. The highest BCUT2D eigenvalue weighted by Gasteiger charge is 2.12. The first kappa shape index (κ1) is 16.1. The third kappa shape index (κ3) is 3.32. The monoisotopic (exact) mass is 300 g/mol. The van der Waals surface area contributed by atoms with Gasteiger partial charge in [-0.1, -0.05) is 0 Å². The number of benzene rings is 1. The number of nitrogens with one attached hydrogen (secondary N) is 1. The Morgan fingerprint density at radius 2 is 1.86 bits per heavy atom. The van der Waals surface area contributed by atoms with E-state index >= 15 is 0 Å². The number of rotatable bonds is 5. The molecule has 0 fully saturated rings. The molecule has 4 nitrogen and oxygen atoms in total. The van der Waals surface area contributed by atoms with E-state index in [0.717, 1.165) is 11.3 Å². The maximum atomic E-state index is 12.2. The number of methoxy groups -OCH3 is 1. The highest BCUT2D eigenvalue weighted by molar-refractivity contribution is 5.94. The lowest BCUT2D eigenvalue weighted by molar-refractivity contribution is 0.0951. The summed E-state index contributed by atoms with van der Waals surface area (Å²) in [6.07, 6.45) is 0. The predicted molar refractivity (Wildman–Crippen MR) is 88.5 cm³/mol. The molecule has 0 radical (unpaired) electrons. The van der Waals surface area contributed by atoms with Crippen LogP contribution in [0.3, 0.4) is 0 Å². The van der Waals surface area contributed by atoms with Gasteiger partial charge < -0.3 is 14.6 Å². The molecule has 1 aromatic heterocycles. The third-order valence-electron chi connectivity index (χ3n) is 3.90. The summed E-state index contributed by atoms with van der Waals surface area (Å²) in [6.45, 7) is 9.07. The lowest BCUT2D eigenvalue weighted by atomic mass is 10.2. The molecule has 1 N–H and O–H groups in total. The number of hydrogen-bond acceptors (Lipinski definition) is 2. The molecule has 0 unspecified atom stereocenters. The number of hydrogen-bond donors (Lipinski definition) is 1. The summed E-state index contributed by atoms with van der Waals surface area (Å²) in [5, 5.41) is 2.98. The number of amides is 1. The molecule has 2 aromatic rings. The molecule has 0 saturated heterocycles. The Morgan fingerprint density at radius 3 is 2.36 bits per heavy atom. The van der Waals surface area contributed by atoms with Crippen LogP contribution in [0.2, 0.25) is 0 Å². The average molecular weight is 300 g/mol. The molecule has 4 heteroatoms. The first-order valence-electron chi connectivity index (χ1n) is 7.53.